The van der Waals surface area contributed by atoms with Gasteiger partial charge in [-0.1, -0.05) is 13.8 Å². The van der Waals surface area contributed by atoms with Crippen LogP contribution in [-0.2, 0) is 6.42 Å². The third-order valence-corrected chi connectivity index (χ3v) is 4.12. The van der Waals surface area contributed by atoms with Crippen LogP contribution in [0.1, 0.15) is 19.4 Å². The van der Waals surface area contributed by atoms with E-state index >= 15 is 0 Å². The van der Waals surface area contributed by atoms with E-state index in [1.165, 1.54) is 10.9 Å². The summed E-state index contributed by atoms with van der Waals surface area (Å²) in [4.78, 5) is 4.85. The number of hydrogen-bond acceptors (Lipinski definition) is 3. The van der Waals surface area contributed by atoms with Gasteiger partial charge in [-0.25, -0.2) is 4.98 Å². The highest BCUT2D eigenvalue weighted by molar-refractivity contribution is 5.86. The lowest BCUT2D eigenvalue weighted by atomic mass is 9.97. The zero-order valence-electron chi connectivity index (χ0n) is 14.7. The molecular formula is C21H23NO2. The van der Waals surface area contributed by atoms with Crippen molar-refractivity contribution in [3.63, 3.8) is 0 Å². The Balaban J connectivity index is 2.14. The normalized spacial score (nSPS) is 11.0. The van der Waals surface area contributed by atoms with Crippen molar-refractivity contribution in [3.8, 4) is 22.8 Å². The second-order valence-corrected chi connectivity index (χ2v) is 6.38. The van der Waals surface area contributed by atoms with Gasteiger partial charge in [0.15, 0.2) is 0 Å². The average Bonchev–Trinajstić information content (AvgIpc) is 2.61. The van der Waals surface area contributed by atoms with E-state index in [9.17, 15) is 0 Å². The van der Waals surface area contributed by atoms with Gasteiger partial charge in [0.2, 0.25) is 0 Å². The van der Waals surface area contributed by atoms with Crippen LogP contribution in [0.2, 0.25) is 0 Å². The van der Waals surface area contributed by atoms with Crippen molar-refractivity contribution in [2.45, 2.75) is 20.3 Å². The number of rotatable bonds is 5. The molecule has 2 aromatic carbocycles. The average molecular weight is 321 g/mol. The third kappa shape index (κ3) is 3.35. The fourth-order valence-corrected chi connectivity index (χ4v) is 2.92. The Labute approximate surface area is 143 Å². The molecule has 0 saturated heterocycles. The summed E-state index contributed by atoms with van der Waals surface area (Å²) >= 11 is 0. The molecule has 124 valence electrons. The van der Waals surface area contributed by atoms with Crippen LogP contribution in [0, 0.1) is 5.92 Å². The summed E-state index contributed by atoms with van der Waals surface area (Å²) in [5, 5.41) is 1.17. The van der Waals surface area contributed by atoms with Gasteiger partial charge in [-0.2, -0.15) is 0 Å². The maximum atomic E-state index is 5.38. The van der Waals surface area contributed by atoms with Crippen LogP contribution in [0.3, 0.4) is 0 Å². The number of methoxy groups -OCH3 is 2. The molecule has 0 radical (unpaired) electrons. The van der Waals surface area contributed by atoms with E-state index in [4.69, 9.17) is 14.5 Å². The maximum absolute atomic E-state index is 5.38. The van der Waals surface area contributed by atoms with Crippen LogP contribution in [0.4, 0.5) is 0 Å². The first-order chi connectivity index (χ1) is 11.6. The van der Waals surface area contributed by atoms with Crippen molar-refractivity contribution >= 4 is 10.9 Å². The number of nitrogens with zero attached hydrogens (tertiary/aromatic N) is 1. The molecule has 0 fully saturated rings. The smallest absolute Gasteiger partial charge is 0.119 e. The minimum atomic E-state index is 0.575. The molecule has 0 bridgehead atoms. The van der Waals surface area contributed by atoms with Gasteiger partial charge in [0.05, 0.1) is 25.4 Å². The molecule has 3 rings (SSSR count). The largest absolute Gasteiger partial charge is 0.497 e. The summed E-state index contributed by atoms with van der Waals surface area (Å²) in [5.74, 6) is 2.30. The van der Waals surface area contributed by atoms with Crippen LogP contribution in [0.15, 0.2) is 48.5 Å². The first-order valence-electron chi connectivity index (χ1n) is 8.23. The summed E-state index contributed by atoms with van der Waals surface area (Å²) in [6, 6.07) is 16.3. The quantitative estimate of drug-likeness (QED) is 0.654. The SMILES string of the molecule is COc1ccc(-c2cc(CC(C)C)c3cc(OC)ccc3n2)cc1. The highest BCUT2D eigenvalue weighted by Gasteiger charge is 2.10. The fourth-order valence-electron chi connectivity index (χ4n) is 2.92. The van der Waals surface area contributed by atoms with Gasteiger partial charge in [-0.3, -0.25) is 0 Å². The Morgan fingerprint density at radius 2 is 1.54 bits per heavy atom. The Bertz CT molecular complexity index is 838. The minimum absolute atomic E-state index is 0.575. The van der Waals surface area contributed by atoms with Crippen molar-refractivity contribution in [3.05, 3.63) is 54.1 Å². The Morgan fingerprint density at radius 1 is 0.875 bits per heavy atom. The molecule has 3 heteroatoms. The molecular weight excluding hydrogens is 298 g/mol. The monoisotopic (exact) mass is 321 g/mol. The van der Waals surface area contributed by atoms with Crippen LogP contribution in [0.5, 0.6) is 11.5 Å². The number of hydrogen-bond donors (Lipinski definition) is 0. The van der Waals surface area contributed by atoms with Gasteiger partial charge in [0, 0.05) is 10.9 Å². The van der Waals surface area contributed by atoms with Gasteiger partial charge in [0.25, 0.3) is 0 Å². The molecule has 0 atom stereocenters. The topological polar surface area (TPSA) is 31.4 Å². The zero-order valence-corrected chi connectivity index (χ0v) is 14.7. The molecule has 0 spiro atoms. The van der Waals surface area contributed by atoms with Crippen molar-refractivity contribution in [2.75, 3.05) is 14.2 Å². The fraction of sp³-hybridized carbons (Fsp3) is 0.286. The highest BCUT2D eigenvalue weighted by Crippen LogP contribution is 2.29. The van der Waals surface area contributed by atoms with Crippen LogP contribution in [0.25, 0.3) is 22.2 Å². The van der Waals surface area contributed by atoms with E-state index in [2.05, 4.69) is 38.1 Å². The van der Waals surface area contributed by atoms with Crippen molar-refractivity contribution in [1.82, 2.24) is 4.98 Å². The predicted molar refractivity (Wildman–Crippen MR) is 98.8 cm³/mol. The molecule has 0 N–H and O–H groups in total. The van der Waals surface area contributed by atoms with Gasteiger partial charge in [-0.05, 0) is 66.4 Å². The molecule has 0 aliphatic carbocycles. The van der Waals surface area contributed by atoms with Gasteiger partial charge in [0.1, 0.15) is 11.5 Å². The second kappa shape index (κ2) is 6.91. The lowest BCUT2D eigenvalue weighted by Crippen LogP contribution is -1.98. The molecule has 0 amide bonds. The summed E-state index contributed by atoms with van der Waals surface area (Å²) < 4.78 is 10.6. The second-order valence-electron chi connectivity index (χ2n) is 6.38. The molecule has 0 aliphatic rings. The zero-order chi connectivity index (χ0) is 17.1. The van der Waals surface area contributed by atoms with Crippen molar-refractivity contribution in [2.24, 2.45) is 5.92 Å². The molecule has 0 aliphatic heterocycles. The summed E-state index contributed by atoms with van der Waals surface area (Å²) in [6.45, 7) is 4.47. The van der Waals surface area contributed by atoms with E-state index in [0.29, 0.717) is 5.92 Å². The van der Waals surface area contributed by atoms with E-state index in [-0.39, 0.29) is 0 Å². The molecule has 1 aromatic heterocycles. The number of ether oxygens (including phenoxy) is 2. The number of benzene rings is 2. The summed E-state index contributed by atoms with van der Waals surface area (Å²) in [6.07, 6.45) is 1.01. The van der Waals surface area contributed by atoms with Crippen LogP contribution in [-0.4, -0.2) is 19.2 Å². The molecule has 1 heterocycles. The van der Waals surface area contributed by atoms with Gasteiger partial charge in [-0.15, -0.1) is 0 Å². The first kappa shape index (κ1) is 16.3. The Hall–Kier alpha value is -2.55. The summed E-state index contributed by atoms with van der Waals surface area (Å²) in [5.41, 5.74) is 4.39. The number of pyridine rings is 1. The predicted octanol–water partition coefficient (Wildman–Crippen LogP) is 5.12. The lowest BCUT2D eigenvalue weighted by Gasteiger charge is -2.13. The molecule has 24 heavy (non-hydrogen) atoms. The Kier molecular flexibility index (Phi) is 4.70. The molecule has 3 aromatic rings. The van der Waals surface area contributed by atoms with Crippen molar-refractivity contribution in [1.29, 1.82) is 0 Å². The minimum Gasteiger partial charge on any atom is -0.497 e. The maximum Gasteiger partial charge on any atom is 0.119 e. The van der Waals surface area contributed by atoms with E-state index < -0.39 is 0 Å². The summed E-state index contributed by atoms with van der Waals surface area (Å²) in [7, 11) is 3.37. The van der Waals surface area contributed by atoms with Gasteiger partial charge >= 0.3 is 0 Å². The van der Waals surface area contributed by atoms with Crippen LogP contribution >= 0.6 is 0 Å². The van der Waals surface area contributed by atoms with E-state index in [1.54, 1.807) is 14.2 Å². The van der Waals surface area contributed by atoms with E-state index in [1.807, 2.05) is 24.3 Å². The van der Waals surface area contributed by atoms with Crippen molar-refractivity contribution < 1.29 is 9.47 Å². The van der Waals surface area contributed by atoms with Gasteiger partial charge < -0.3 is 9.47 Å². The number of aromatic nitrogens is 1. The molecule has 0 unspecified atom stereocenters. The van der Waals surface area contributed by atoms with E-state index in [0.717, 1.165) is 34.7 Å². The third-order valence-electron chi connectivity index (χ3n) is 4.12. The molecule has 0 saturated carbocycles. The number of fused-ring (bicyclic) bond motifs is 1. The first-order valence-corrected chi connectivity index (χ1v) is 8.23. The lowest BCUT2D eigenvalue weighted by molar-refractivity contribution is 0.415. The van der Waals surface area contributed by atoms with Crippen LogP contribution < -0.4 is 9.47 Å². The molecule has 3 nitrogen and oxygen atoms in total. The Morgan fingerprint density at radius 3 is 2.17 bits per heavy atom. The highest BCUT2D eigenvalue weighted by atomic mass is 16.5. The standard InChI is InChI=1S/C21H23NO2/c1-14(2)11-16-12-21(15-5-7-17(23-3)8-6-15)22-20-10-9-18(24-4)13-19(16)20/h5-10,12-14H,11H2,1-4H3.